The van der Waals surface area contributed by atoms with Crippen LogP contribution >= 0.6 is 23.1 Å². The number of sulfonamides is 1. The minimum atomic E-state index is -3.78. The zero-order chi connectivity index (χ0) is 15.3. The molecule has 1 heterocycles. The summed E-state index contributed by atoms with van der Waals surface area (Å²) in [5, 5.41) is 10.4. The van der Waals surface area contributed by atoms with E-state index in [-0.39, 0.29) is 16.3 Å². The molecule has 0 saturated carbocycles. The lowest BCUT2D eigenvalue weighted by molar-refractivity contribution is 0.0698. The molecule has 0 bridgehead atoms. The van der Waals surface area contributed by atoms with Crippen LogP contribution in [0.3, 0.4) is 0 Å². The Bertz CT molecular complexity index is 710. The highest BCUT2D eigenvalue weighted by Gasteiger charge is 2.23. The Hall–Kier alpha value is -1.35. The van der Waals surface area contributed by atoms with Crippen LogP contribution in [-0.4, -0.2) is 31.8 Å². The van der Waals surface area contributed by atoms with E-state index < -0.39 is 16.0 Å². The van der Waals surface area contributed by atoms with Crippen molar-refractivity contribution in [1.29, 1.82) is 0 Å². The summed E-state index contributed by atoms with van der Waals surface area (Å²) in [5.41, 5.74) is 0. The first-order valence-electron chi connectivity index (χ1n) is 5.99. The molecule has 2 rings (SSSR count). The van der Waals surface area contributed by atoms with Gasteiger partial charge in [-0.25, -0.2) is 17.9 Å². The first kappa shape index (κ1) is 16.0. The molecular weight excluding hydrogens is 330 g/mol. The first-order valence-corrected chi connectivity index (χ1v) is 9.34. The van der Waals surface area contributed by atoms with Gasteiger partial charge in [-0.3, -0.25) is 0 Å². The van der Waals surface area contributed by atoms with Gasteiger partial charge in [0.15, 0.2) is 0 Å². The Kier molecular flexibility index (Phi) is 5.40. The number of nitrogens with one attached hydrogen (secondary N) is 1. The maximum absolute atomic E-state index is 12.1. The Labute approximate surface area is 131 Å². The molecule has 0 fully saturated rings. The van der Waals surface area contributed by atoms with Crippen LogP contribution in [0.5, 0.6) is 0 Å². The molecule has 112 valence electrons. The molecule has 0 unspecified atom stereocenters. The average Bonchev–Trinajstić information content (AvgIpc) is 2.95. The first-order chi connectivity index (χ1) is 10.0. The van der Waals surface area contributed by atoms with Gasteiger partial charge in [-0.15, -0.1) is 23.1 Å². The molecule has 0 spiro atoms. The minimum Gasteiger partial charge on any atom is -0.477 e. The quantitative estimate of drug-likeness (QED) is 0.596. The van der Waals surface area contributed by atoms with Gasteiger partial charge in [0.2, 0.25) is 10.0 Å². The predicted octanol–water partition coefficient (Wildman–Crippen LogP) is 2.52. The predicted molar refractivity (Wildman–Crippen MR) is 83.6 cm³/mol. The van der Waals surface area contributed by atoms with Gasteiger partial charge in [0.05, 0.1) is 0 Å². The summed E-state index contributed by atoms with van der Waals surface area (Å²) < 4.78 is 26.5. The van der Waals surface area contributed by atoms with Crippen molar-refractivity contribution < 1.29 is 18.3 Å². The fourth-order valence-corrected chi connectivity index (χ4v) is 4.81. The Balaban J connectivity index is 1.93. The standard InChI is InChI=1S/C13H13NO4S3/c15-13(16)12-11(6-8-20-12)21(17,18)14-7-9-19-10-4-2-1-3-5-10/h1-6,8,14H,7,9H2,(H,15,16). The Morgan fingerprint density at radius 2 is 1.95 bits per heavy atom. The van der Waals surface area contributed by atoms with E-state index in [1.54, 1.807) is 0 Å². The number of hydrogen-bond donors (Lipinski definition) is 2. The second-order valence-corrected chi connectivity index (χ2v) is 7.80. The summed E-state index contributed by atoms with van der Waals surface area (Å²) in [7, 11) is -3.78. The molecule has 0 aliphatic heterocycles. The van der Waals surface area contributed by atoms with Crippen molar-refractivity contribution in [2.45, 2.75) is 9.79 Å². The molecule has 2 aromatic rings. The van der Waals surface area contributed by atoms with Gasteiger partial charge in [0.25, 0.3) is 0 Å². The van der Waals surface area contributed by atoms with Gasteiger partial charge in [-0.05, 0) is 23.6 Å². The number of aromatic carboxylic acids is 1. The third-order valence-electron chi connectivity index (χ3n) is 2.52. The van der Waals surface area contributed by atoms with Crippen molar-refractivity contribution in [2.75, 3.05) is 12.3 Å². The van der Waals surface area contributed by atoms with E-state index in [1.807, 2.05) is 30.3 Å². The second-order valence-electron chi connectivity index (χ2n) is 3.98. The molecule has 0 aliphatic carbocycles. The number of benzene rings is 1. The largest absolute Gasteiger partial charge is 0.477 e. The molecule has 1 aromatic carbocycles. The molecule has 2 N–H and O–H groups in total. The Morgan fingerprint density at radius 3 is 2.62 bits per heavy atom. The average molecular weight is 343 g/mol. The molecule has 21 heavy (non-hydrogen) atoms. The van der Waals surface area contributed by atoms with Gasteiger partial charge in [-0.1, -0.05) is 18.2 Å². The van der Waals surface area contributed by atoms with Crippen LogP contribution in [0.15, 0.2) is 51.6 Å². The number of rotatable bonds is 7. The van der Waals surface area contributed by atoms with Gasteiger partial charge in [0, 0.05) is 17.2 Å². The summed E-state index contributed by atoms with van der Waals surface area (Å²) >= 11 is 2.42. The van der Waals surface area contributed by atoms with E-state index in [1.165, 1.54) is 23.2 Å². The molecule has 0 aliphatic rings. The Morgan fingerprint density at radius 1 is 1.24 bits per heavy atom. The highest BCUT2D eigenvalue weighted by atomic mass is 32.2. The van der Waals surface area contributed by atoms with Crippen molar-refractivity contribution in [3.63, 3.8) is 0 Å². The highest BCUT2D eigenvalue weighted by molar-refractivity contribution is 7.99. The summed E-state index contributed by atoms with van der Waals surface area (Å²) in [5.74, 6) is -0.667. The molecular formula is C13H13NO4S3. The van der Waals surface area contributed by atoms with Crippen LogP contribution < -0.4 is 4.72 Å². The highest BCUT2D eigenvalue weighted by Crippen LogP contribution is 2.22. The van der Waals surface area contributed by atoms with Crippen LogP contribution in [0.4, 0.5) is 0 Å². The lowest BCUT2D eigenvalue weighted by atomic mass is 10.4. The van der Waals surface area contributed by atoms with Crippen LogP contribution in [-0.2, 0) is 10.0 Å². The maximum Gasteiger partial charge on any atom is 0.347 e. The number of carboxylic acid groups (broad SMARTS) is 1. The molecule has 5 nitrogen and oxygen atoms in total. The summed E-state index contributed by atoms with van der Waals surface area (Å²) in [6.07, 6.45) is 0. The lowest BCUT2D eigenvalue weighted by Crippen LogP contribution is -2.26. The lowest BCUT2D eigenvalue weighted by Gasteiger charge is -2.06. The number of thiophene rings is 1. The smallest absolute Gasteiger partial charge is 0.347 e. The normalized spacial score (nSPS) is 11.4. The topological polar surface area (TPSA) is 83.5 Å². The van der Waals surface area contributed by atoms with Crippen molar-refractivity contribution in [3.05, 3.63) is 46.7 Å². The molecule has 0 saturated heterocycles. The van der Waals surface area contributed by atoms with Gasteiger partial charge in [-0.2, -0.15) is 0 Å². The fraction of sp³-hybridized carbons (Fsp3) is 0.154. The van der Waals surface area contributed by atoms with E-state index in [9.17, 15) is 13.2 Å². The SMILES string of the molecule is O=C(O)c1sccc1S(=O)(=O)NCCSc1ccccc1. The van der Waals surface area contributed by atoms with E-state index in [2.05, 4.69) is 4.72 Å². The maximum atomic E-state index is 12.1. The minimum absolute atomic E-state index is 0.168. The third kappa shape index (κ3) is 4.31. The number of carbonyl (C=O) groups is 1. The molecule has 1 aromatic heterocycles. The second kappa shape index (κ2) is 7.08. The van der Waals surface area contributed by atoms with Crippen LogP contribution in [0, 0.1) is 0 Å². The fourth-order valence-electron chi connectivity index (χ4n) is 1.60. The van der Waals surface area contributed by atoms with Crippen LogP contribution in [0.1, 0.15) is 9.67 Å². The van der Waals surface area contributed by atoms with Gasteiger partial charge < -0.3 is 5.11 Å². The van der Waals surface area contributed by atoms with E-state index in [0.29, 0.717) is 5.75 Å². The van der Waals surface area contributed by atoms with Crippen LogP contribution in [0.2, 0.25) is 0 Å². The summed E-state index contributed by atoms with van der Waals surface area (Å²) in [6, 6.07) is 10.9. The van der Waals surface area contributed by atoms with Gasteiger partial charge in [0.1, 0.15) is 9.77 Å². The number of thioether (sulfide) groups is 1. The molecule has 0 radical (unpaired) electrons. The zero-order valence-corrected chi connectivity index (χ0v) is 13.3. The summed E-state index contributed by atoms with van der Waals surface area (Å²) in [6.45, 7) is 0.233. The zero-order valence-electron chi connectivity index (χ0n) is 10.9. The third-order valence-corrected chi connectivity index (χ3v) is 6.07. The van der Waals surface area contributed by atoms with E-state index in [4.69, 9.17) is 5.11 Å². The van der Waals surface area contributed by atoms with Crippen LogP contribution in [0.25, 0.3) is 0 Å². The van der Waals surface area contributed by atoms with Gasteiger partial charge >= 0.3 is 5.97 Å². The van der Waals surface area contributed by atoms with E-state index in [0.717, 1.165) is 16.2 Å². The number of carboxylic acids is 1. The molecule has 0 amide bonds. The van der Waals surface area contributed by atoms with Crippen molar-refractivity contribution >= 4 is 39.1 Å². The van der Waals surface area contributed by atoms with Crippen molar-refractivity contribution in [1.82, 2.24) is 4.72 Å². The number of hydrogen-bond acceptors (Lipinski definition) is 5. The monoisotopic (exact) mass is 343 g/mol. The molecule has 8 heteroatoms. The van der Waals surface area contributed by atoms with E-state index >= 15 is 0 Å². The van der Waals surface area contributed by atoms with Crippen molar-refractivity contribution in [2.24, 2.45) is 0 Å². The van der Waals surface area contributed by atoms with Crippen molar-refractivity contribution in [3.8, 4) is 0 Å². The molecule has 0 atom stereocenters. The summed E-state index contributed by atoms with van der Waals surface area (Å²) in [4.78, 5) is 11.7.